The molecule has 0 amide bonds. The molecular weight excluding hydrogens is 262 g/mol. The van der Waals surface area contributed by atoms with Crippen LogP contribution in [0, 0.1) is 11.8 Å². The topological polar surface area (TPSA) is 9.23 Å². The summed E-state index contributed by atoms with van der Waals surface area (Å²) in [5, 5.41) is 0. The molecule has 1 saturated carbocycles. The van der Waals surface area contributed by atoms with Crippen molar-refractivity contribution >= 4 is 0 Å². The Bertz CT molecular complexity index is 260. The van der Waals surface area contributed by atoms with Gasteiger partial charge in [-0.25, -0.2) is 0 Å². The van der Waals surface area contributed by atoms with Gasteiger partial charge in [0.15, 0.2) is 0 Å². The molecular formula is C11H16F6O. The number of methoxy groups -OCH3 is 1. The van der Waals surface area contributed by atoms with Gasteiger partial charge in [0, 0.05) is 13.0 Å². The van der Waals surface area contributed by atoms with E-state index in [1.807, 2.05) is 6.92 Å². The number of alkyl halides is 6. The zero-order valence-corrected chi connectivity index (χ0v) is 10.2. The van der Waals surface area contributed by atoms with E-state index in [0.29, 0.717) is 20.0 Å². The van der Waals surface area contributed by atoms with Gasteiger partial charge in [-0.2, -0.15) is 26.3 Å². The molecule has 0 saturated heterocycles. The predicted octanol–water partition coefficient (Wildman–Crippen LogP) is 4.32. The molecule has 0 atom stereocenters. The predicted molar refractivity (Wildman–Crippen MR) is 53.0 cm³/mol. The summed E-state index contributed by atoms with van der Waals surface area (Å²) >= 11 is 0. The molecule has 0 bridgehead atoms. The van der Waals surface area contributed by atoms with Crippen LogP contribution in [0.1, 0.15) is 32.6 Å². The first-order valence-electron chi connectivity index (χ1n) is 5.75. The lowest BCUT2D eigenvalue weighted by Crippen LogP contribution is -2.63. The number of hydrogen-bond acceptors (Lipinski definition) is 1. The normalized spacial score (nSPS) is 27.3. The second-order valence-corrected chi connectivity index (χ2v) is 4.89. The molecule has 0 heterocycles. The molecule has 108 valence electrons. The van der Waals surface area contributed by atoms with Gasteiger partial charge in [-0.1, -0.05) is 19.8 Å². The summed E-state index contributed by atoms with van der Waals surface area (Å²) in [6, 6.07) is 0. The number of ether oxygens (including phenoxy) is 1. The lowest BCUT2D eigenvalue weighted by Gasteiger charge is -2.44. The maximum atomic E-state index is 12.9. The first-order chi connectivity index (χ1) is 8.06. The Hall–Kier alpha value is -0.460. The fraction of sp³-hybridized carbons (Fsp3) is 1.00. The van der Waals surface area contributed by atoms with Crippen LogP contribution in [0.3, 0.4) is 0 Å². The highest BCUT2D eigenvalue weighted by Crippen LogP contribution is 2.54. The van der Waals surface area contributed by atoms with Crippen LogP contribution in [0.15, 0.2) is 0 Å². The molecule has 1 aliphatic carbocycles. The molecule has 1 aliphatic rings. The minimum atomic E-state index is -5.45. The number of rotatable bonds is 2. The van der Waals surface area contributed by atoms with Crippen molar-refractivity contribution in [3.63, 3.8) is 0 Å². The second-order valence-electron chi connectivity index (χ2n) is 4.89. The molecule has 18 heavy (non-hydrogen) atoms. The Labute approximate surface area is 101 Å². The molecule has 0 aromatic carbocycles. The molecule has 1 fully saturated rings. The van der Waals surface area contributed by atoms with Gasteiger partial charge in [0.05, 0.1) is 0 Å². The van der Waals surface area contributed by atoms with Gasteiger partial charge in [-0.3, -0.25) is 0 Å². The Morgan fingerprint density at radius 2 is 1.22 bits per heavy atom. The zero-order chi connectivity index (χ0) is 14.2. The maximum Gasteiger partial charge on any atom is 0.426 e. The van der Waals surface area contributed by atoms with Gasteiger partial charge >= 0.3 is 12.4 Å². The number of hydrogen-bond donors (Lipinski definition) is 0. The molecule has 0 spiro atoms. The zero-order valence-electron chi connectivity index (χ0n) is 10.2. The van der Waals surface area contributed by atoms with Gasteiger partial charge in [-0.05, 0) is 18.8 Å². The second kappa shape index (κ2) is 4.90. The molecule has 0 radical (unpaired) electrons. The van der Waals surface area contributed by atoms with Crippen molar-refractivity contribution in [2.24, 2.45) is 11.8 Å². The SMILES string of the molecule is COC(C1CCC(C)CC1)(C(F)(F)F)C(F)(F)F. The molecule has 0 aromatic heterocycles. The highest BCUT2D eigenvalue weighted by atomic mass is 19.4. The highest BCUT2D eigenvalue weighted by Gasteiger charge is 2.74. The fourth-order valence-corrected chi connectivity index (χ4v) is 2.69. The van der Waals surface area contributed by atoms with Crippen LogP contribution in [-0.4, -0.2) is 25.1 Å². The first kappa shape index (κ1) is 15.6. The largest absolute Gasteiger partial charge is 0.426 e. The third-order valence-corrected chi connectivity index (χ3v) is 3.76. The summed E-state index contributed by atoms with van der Waals surface area (Å²) in [7, 11) is 0.485. The highest BCUT2D eigenvalue weighted by molar-refractivity contribution is 5.02. The summed E-state index contributed by atoms with van der Waals surface area (Å²) in [5.41, 5.74) is -4.03. The quantitative estimate of drug-likeness (QED) is 0.683. The Morgan fingerprint density at radius 3 is 1.50 bits per heavy atom. The standard InChI is InChI=1S/C11H16F6O/c1-7-3-5-8(6-4-7)9(18-2,10(12,13)14)11(15,16)17/h7-8H,3-6H2,1-2H3. The molecule has 1 nitrogen and oxygen atoms in total. The maximum absolute atomic E-state index is 12.9. The lowest BCUT2D eigenvalue weighted by atomic mass is 9.73. The Kier molecular flexibility index (Phi) is 4.25. The van der Waals surface area contributed by atoms with E-state index in [1.54, 1.807) is 0 Å². The molecule has 1 rings (SSSR count). The van der Waals surface area contributed by atoms with Crippen molar-refractivity contribution < 1.29 is 31.1 Å². The van der Waals surface area contributed by atoms with E-state index in [2.05, 4.69) is 4.74 Å². The van der Waals surface area contributed by atoms with E-state index in [9.17, 15) is 26.3 Å². The lowest BCUT2D eigenvalue weighted by molar-refractivity contribution is -0.394. The average Bonchev–Trinajstić information content (AvgIpc) is 2.18. The van der Waals surface area contributed by atoms with Gasteiger partial charge < -0.3 is 4.74 Å². The van der Waals surface area contributed by atoms with Crippen LogP contribution < -0.4 is 0 Å². The minimum absolute atomic E-state index is 0.117. The van der Waals surface area contributed by atoms with Gasteiger partial charge in [0.1, 0.15) is 0 Å². The molecule has 0 aliphatic heterocycles. The van der Waals surface area contributed by atoms with E-state index in [0.717, 1.165) is 0 Å². The van der Waals surface area contributed by atoms with Crippen LogP contribution >= 0.6 is 0 Å². The van der Waals surface area contributed by atoms with Crippen LogP contribution in [0.5, 0.6) is 0 Å². The van der Waals surface area contributed by atoms with Crippen molar-refractivity contribution in [2.75, 3.05) is 7.11 Å². The fourth-order valence-electron chi connectivity index (χ4n) is 2.69. The van der Waals surface area contributed by atoms with Crippen LogP contribution in [0.4, 0.5) is 26.3 Å². The van der Waals surface area contributed by atoms with Gasteiger partial charge in [0.25, 0.3) is 5.60 Å². The molecule has 7 heteroatoms. The minimum Gasteiger partial charge on any atom is -0.361 e. The van der Waals surface area contributed by atoms with E-state index in [-0.39, 0.29) is 18.8 Å². The number of halogens is 6. The van der Waals surface area contributed by atoms with Crippen LogP contribution in [0.2, 0.25) is 0 Å². The third kappa shape index (κ3) is 2.46. The van der Waals surface area contributed by atoms with E-state index < -0.39 is 23.9 Å². The summed E-state index contributed by atoms with van der Waals surface area (Å²) in [6.07, 6.45) is -10.4. The monoisotopic (exact) mass is 278 g/mol. The Balaban J connectivity index is 3.12. The van der Waals surface area contributed by atoms with Crippen LogP contribution in [0.25, 0.3) is 0 Å². The molecule has 0 N–H and O–H groups in total. The van der Waals surface area contributed by atoms with Crippen molar-refractivity contribution in [1.82, 2.24) is 0 Å². The van der Waals surface area contributed by atoms with Gasteiger partial charge in [0.2, 0.25) is 0 Å². The first-order valence-corrected chi connectivity index (χ1v) is 5.75. The molecule has 0 aromatic rings. The van der Waals surface area contributed by atoms with Crippen molar-refractivity contribution in [3.05, 3.63) is 0 Å². The van der Waals surface area contributed by atoms with Crippen molar-refractivity contribution in [2.45, 2.75) is 50.6 Å². The molecule has 0 unspecified atom stereocenters. The van der Waals surface area contributed by atoms with Gasteiger partial charge in [-0.15, -0.1) is 0 Å². The average molecular weight is 278 g/mol. The van der Waals surface area contributed by atoms with E-state index in [1.165, 1.54) is 0 Å². The van der Waals surface area contributed by atoms with E-state index >= 15 is 0 Å². The summed E-state index contributed by atoms with van der Waals surface area (Å²) in [5.74, 6) is -1.39. The third-order valence-electron chi connectivity index (χ3n) is 3.76. The summed E-state index contributed by atoms with van der Waals surface area (Å²) in [4.78, 5) is 0. The summed E-state index contributed by atoms with van der Waals surface area (Å²) < 4.78 is 81.4. The Morgan fingerprint density at radius 1 is 0.833 bits per heavy atom. The summed E-state index contributed by atoms with van der Waals surface area (Å²) in [6.45, 7) is 1.83. The van der Waals surface area contributed by atoms with Crippen molar-refractivity contribution in [3.8, 4) is 0 Å². The van der Waals surface area contributed by atoms with Crippen molar-refractivity contribution in [1.29, 1.82) is 0 Å². The van der Waals surface area contributed by atoms with Crippen LogP contribution in [-0.2, 0) is 4.74 Å². The smallest absolute Gasteiger partial charge is 0.361 e. The van der Waals surface area contributed by atoms with E-state index in [4.69, 9.17) is 0 Å².